The van der Waals surface area contributed by atoms with Crippen molar-refractivity contribution in [3.05, 3.63) is 36.0 Å². The van der Waals surface area contributed by atoms with Crippen molar-refractivity contribution in [3.63, 3.8) is 0 Å². The minimum Gasteiger partial charge on any atom is -0.481 e. The first-order valence-corrected chi connectivity index (χ1v) is 4.49. The molecule has 0 fully saturated rings. The number of aliphatic carboxylic acids is 1. The zero-order valence-corrected chi connectivity index (χ0v) is 8.03. The Morgan fingerprint density at radius 2 is 2.14 bits per heavy atom. The number of hydrogen-bond acceptors (Lipinski definition) is 1. The van der Waals surface area contributed by atoms with Crippen LogP contribution < -0.4 is 0 Å². The Morgan fingerprint density at radius 3 is 2.86 bits per heavy atom. The highest BCUT2D eigenvalue weighted by Gasteiger charge is 2.09. The highest BCUT2D eigenvalue weighted by atomic mass is 35.5. The van der Waals surface area contributed by atoms with E-state index in [9.17, 15) is 4.79 Å². The molecule has 2 rings (SSSR count). The molecule has 0 unspecified atom stereocenters. The van der Waals surface area contributed by atoms with Gasteiger partial charge in [0.2, 0.25) is 0 Å². The van der Waals surface area contributed by atoms with E-state index in [1.54, 1.807) is 6.20 Å². The molecule has 14 heavy (non-hydrogen) atoms. The van der Waals surface area contributed by atoms with Crippen LogP contribution in [0.3, 0.4) is 0 Å². The molecule has 0 amide bonds. The van der Waals surface area contributed by atoms with Gasteiger partial charge in [0.1, 0.15) is 0 Å². The molecular formula is C10H8ClNO2. The minimum atomic E-state index is -0.849. The molecule has 0 aliphatic carbocycles. The van der Waals surface area contributed by atoms with Crippen molar-refractivity contribution < 1.29 is 9.90 Å². The molecule has 0 saturated carbocycles. The summed E-state index contributed by atoms with van der Waals surface area (Å²) in [5.41, 5.74) is 1.58. The summed E-state index contributed by atoms with van der Waals surface area (Å²) < 4.78 is 1.42. The average molecular weight is 210 g/mol. The largest absolute Gasteiger partial charge is 0.481 e. The Hall–Kier alpha value is -1.48. The highest BCUT2D eigenvalue weighted by Crippen LogP contribution is 2.22. The molecule has 0 radical (unpaired) electrons. The first-order valence-electron chi connectivity index (χ1n) is 4.15. The van der Waals surface area contributed by atoms with Crippen LogP contribution in [-0.4, -0.2) is 15.2 Å². The van der Waals surface area contributed by atoms with Crippen LogP contribution >= 0.6 is 11.8 Å². The maximum Gasteiger partial charge on any atom is 0.307 e. The van der Waals surface area contributed by atoms with E-state index in [4.69, 9.17) is 16.9 Å². The van der Waals surface area contributed by atoms with E-state index in [0.717, 1.165) is 16.5 Å². The summed E-state index contributed by atoms with van der Waals surface area (Å²) in [6, 6.07) is 7.45. The van der Waals surface area contributed by atoms with E-state index in [0.29, 0.717) is 0 Å². The predicted molar refractivity (Wildman–Crippen MR) is 54.5 cm³/mol. The fourth-order valence-electron chi connectivity index (χ4n) is 1.51. The molecule has 1 aromatic carbocycles. The van der Waals surface area contributed by atoms with E-state index in [2.05, 4.69) is 0 Å². The molecule has 0 bridgehead atoms. The monoisotopic (exact) mass is 209 g/mol. The van der Waals surface area contributed by atoms with E-state index in [1.165, 1.54) is 4.09 Å². The summed E-state index contributed by atoms with van der Waals surface area (Å²) in [6.45, 7) is 0. The SMILES string of the molecule is O=C(O)Cc1cn(Cl)c2ccccc12. The number of carboxylic acids is 1. The van der Waals surface area contributed by atoms with Gasteiger partial charge in [0.15, 0.2) is 0 Å². The van der Waals surface area contributed by atoms with Gasteiger partial charge in [-0.25, -0.2) is 0 Å². The van der Waals surface area contributed by atoms with Gasteiger partial charge in [-0.15, -0.1) is 0 Å². The van der Waals surface area contributed by atoms with Crippen molar-refractivity contribution in [3.8, 4) is 0 Å². The van der Waals surface area contributed by atoms with Crippen LogP contribution in [0.1, 0.15) is 5.56 Å². The number of benzene rings is 1. The minimum absolute atomic E-state index is 0.000231. The number of rotatable bonds is 2. The van der Waals surface area contributed by atoms with Crippen LogP contribution in [0.15, 0.2) is 30.5 Å². The van der Waals surface area contributed by atoms with Crippen molar-refractivity contribution >= 4 is 28.6 Å². The predicted octanol–water partition coefficient (Wildman–Crippen LogP) is 2.27. The molecule has 2 aromatic rings. The Bertz CT molecular complexity index is 490. The third-order valence-corrected chi connectivity index (χ3v) is 2.37. The molecule has 3 nitrogen and oxygen atoms in total. The second kappa shape index (κ2) is 3.35. The molecule has 1 heterocycles. The smallest absolute Gasteiger partial charge is 0.307 e. The Labute approximate surface area is 85.6 Å². The summed E-state index contributed by atoms with van der Waals surface area (Å²) in [5, 5.41) is 9.58. The van der Waals surface area contributed by atoms with E-state index in [1.807, 2.05) is 24.3 Å². The maximum atomic E-state index is 10.6. The summed E-state index contributed by atoms with van der Waals surface area (Å²) in [7, 11) is 0. The lowest BCUT2D eigenvalue weighted by atomic mass is 10.1. The highest BCUT2D eigenvalue weighted by molar-refractivity contribution is 6.19. The zero-order valence-electron chi connectivity index (χ0n) is 7.27. The van der Waals surface area contributed by atoms with E-state index in [-0.39, 0.29) is 6.42 Å². The maximum absolute atomic E-state index is 10.6. The van der Waals surface area contributed by atoms with Gasteiger partial charge < -0.3 is 5.11 Å². The van der Waals surface area contributed by atoms with Crippen LogP contribution in [0.5, 0.6) is 0 Å². The molecule has 0 spiro atoms. The number of nitrogens with zero attached hydrogens (tertiary/aromatic N) is 1. The van der Waals surface area contributed by atoms with Gasteiger partial charge >= 0.3 is 5.97 Å². The summed E-state index contributed by atoms with van der Waals surface area (Å²) in [5.74, 6) is -0.849. The zero-order chi connectivity index (χ0) is 10.1. The van der Waals surface area contributed by atoms with Crippen LogP contribution in [0, 0.1) is 0 Å². The van der Waals surface area contributed by atoms with E-state index >= 15 is 0 Å². The fraction of sp³-hybridized carbons (Fsp3) is 0.100. The number of para-hydroxylation sites is 1. The molecule has 1 N–H and O–H groups in total. The quantitative estimate of drug-likeness (QED) is 0.825. The van der Waals surface area contributed by atoms with Gasteiger partial charge in [-0.3, -0.25) is 8.88 Å². The Kier molecular flexibility index (Phi) is 2.17. The van der Waals surface area contributed by atoms with Crippen LogP contribution in [0.4, 0.5) is 0 Å². The van der Waals surface area contributed by atoms with Gasteiger partial charge in [0.25, 0.3) is 0 Å². The standard InChI is InChI=1S/C10H8ClNO2/c11-12-6-7(5-10(13)14)8-3-1-2-4-9(8)12/h1-4,6H,5H2,(H,13,14). The first kappa shape index (κ1) is 9.09. The lowest BCUT2D eigenvalue weighted by molar-refractivity contribution is -0.136. The van der Waals surface area contributed by atoms with Crippen LogP contribution in [0.2, 0.25) is 0 Å². The molecule has 0 aliphatic heterocycles. The normalized spacial score (nSPS) is 10.6. The molecule has 1 aromatic heterocycles. The van der Waals surface area contributed by atoms with Gasteiger partial charge in [0, 0.05) is 23.4 Å². The molecule has 0 atom stereocenters. The van der Waals surface area contributed by atoms with Crippen molar-refractivity contribution in [1.82, 2.24) is 4.09 Å². The van der Waals surface area contributed by atoms with Gasteiger partial charge in [-0.05, 0) is 11.6 Å². The molecule has 0 saturated heterocycles. The second-order valence-corrected chi connectivity index (χ2v) is 3.42. The molecule has 0 aliphatic rings. The van der Waals surface area contributed by atoms with Crippen molar-refractivity contribution in [2.45, 2.75) is 6.42 Å². The Balaban J connectivity index is 2.60. The van der Waals surface area contributed by atoms with Crippen molar-refractivity contribution in [2.75, 3.05) is 0 Å². The van der Waals surface area contributed by atoms with Gasteiger partial charge in [-0.2, -0.15) is 0 Å². The number of carboxylic acid groups (broad SMARTS) is 1. The van der Waals surface area contributed by atoms with Crippen LogP contribution in [-0.2, 0) is 11.2 Å². The number of aromatic nitrogens is 1. The average Bonchev–Trinajstić information content (AvgIpc) is 2.44. The number of halogens is 1. The van der Waals surface area contributed by atoms with Gasteiger partial charge in [0.05, 0.1) is 11.9 Å². The molecule has 4 heteroatoms. The summed E-state index contributed by atoms with van der Waals surface area (Å²) in [4.78, 5) is 10.6. The topological polar surface area (TPSA) is 42.2 Å². The lowest BCUT2D eigenvalue weighted by Gasteiger charge is -1.92. The van der Waals surface area contributed by atoms with E-state index < -0.39 is 5.97 Å². The lowest BCUT2D eigenvalue weighted by Crippen LogP contribution is -1.98. The molecular weight excluding hydrogens is 202 g/mol. The van der Waals surface area contributed by atoms with Crippen molar-refractivity contribution in [2.24, 2.45) is 0 Å². The fourth-order valence-corrected chi connectivity index (χ4v) is 1.78. The number of hydrogen-bond donors (Lipinski definition) is 1. The van der Waals surface area contributed by atoms with Crippen molar-refractivity contribution in [1.29, 1.82) is 0 Å². The van der Waals surface area contributed by atoms with Crippen LogP contribution in [0.25, 0.3) is 10.9 Å². The third-order valence-electron chi connectivity index (χ3n) is 2.09. The third kappa shape index (κ3) is 1.46. The molecule has 72 valence electrons. The summed E-state index contributed by atoms with van der Waals surface area (Å²) in [6.07, 6.45) is 1.64. The van der Waals surface area contributed by atoms with Gasteiger partial charge in [-0.1, -0.05) is 18.2 Å². The second-order valence-electron chi connectivity index (χ2n) is 3.05. The summed E-state index contributed by atoms with van der Waals surface area (Å²) >= 11 is 5.88. The Morgan fingerprint density at radius 1 is 1.43 bits per heavy atom. The number of fused-ring (bicyclic) bond motifs is 1. The number of carbonyl (C=O) groups is 1. The first-order chi connectivity index (χ1) is 6.68.